The fourth-order valence-corrected chi connectivity index (χ4v) is 5.28. The lowest BCUT2D eigenvalue weighted by molar-refractivity contribution is -0.142. The molecule has 0 spiro atoms. The summed E-state index contributed by atoms with van der Waals surface area (Å²) in [5, 5.41) is 9.67. The minimum absolute atomic E-state index is 0.0586. The van der Waals surface area contributed by atoms with E-state index in [4.69, 9.17) is 5.73 Å². The first-order chi connectivity index (χ1) is 18.8. The van der Waals surface area contributed by atoms with E-state index in [1.165, 1.54) is 12.1 Å². The zero-order valence-electron chi connectivity index (χ0n) is 22.2. The van der Waals surface area contributed by atoms with Crippen LogP contribution in [-0.4, -0.2) is 60.0 Å². The van der Waals surface area contributed by atoms with Crippen LogP contribution in [0, 0.1) is 11.7 Å². The summed E-state index contributed by atoms with van der Waals surface area (Å²) in [6.07, 6.45) is 1.35. The second-order valence-electron chi connectivity index (χ2n) is 10.7. The Bertz CT molecular complexity index is 1330. The van der Waals surface area contributed by atoms with Crippen LogP contribution in [0.1, 0.15) is 36.4 Å². The third-order valence-electron chi connectivity index (χ3n) is 7.69. The van der Waals surface area contributed by atoms with Crippen LogP contribution in [0.25, 0.3) is 11.1 Å². The number of amides is 1. The number of carboxylic acid groups (broad SMARTS) is 1. The molecular formula is C31H35FN4O3. The molecule has 5 rings (SSSR count). The molecule has 39 heavy (non-hydrogen) atoms. The molecule has 1 atom stereocenters. The van der Waals surface area contributed by atoms with E-state index in [-0.39, 0.29) is 24.8 Å². The molecule has 1 aliphatic heterocycles. The number of rotatable bonds is 9. The predicted octanol–water partition coefficient (Wildman–Crippen LogP) is 4.78. The number of hydrogen-bond acceptors (Lipinski definition) is 5. The van der Waals surface area contributed by atoms with Crippen LogP contribution < -0.4 is 10.6 Å². The highest BCUT2D eigenvalue weighted by Gasteiger charge is 2.37. The average molecular weight is 531 g/mol. The summed E-state index contributed by atoms with van der Waals surface area (Å²) in [6, 6.07) is 19.1. The van der Waals surface area contributed by atoms with Crippen molar-refractivity contribution in [2.45, 2.75) is 31.8 Å². The number of nitrogen functional groups attached to an aromatic ring is 1. The van der Waals surface area contributed by atoms with Crippen molar-refractivity contribution in [2.75, 3.05) is 43.9 Å². The Morgan fingerprint density at radius 3 is 2.33 bits per heavy atom. The van der Waals surface area contributed by atoms with Crippen molar-refractivity contribution in [3.05, 3.63) is 83.7 Å². The first-order valence-corrected chi connectivity index (χ1v) is 13.5. The molecule has 2 fully saturated rings. The molecule has 2 aliphatic rings. The predicted molar refractivity (Wildman–Crippen MR) is 151 cm³/mol. The van der Waals surface area contributed by atoms with Crippen LogP contribution in [-0.2, 0) is 16.1 Å². The third-order valence-corrected chi connectivity index (χ3v) is 7.69. The van der Waals surface area contributed by atoms with Gasteiger partial charge < -0.3 is 25.5 Å². The fraction of sp³-hybridized carbons (Fsp3) is 0.355. The maximum atomic E-state index is 13.6. The smallest absolute Gasteiger partial charge is 0.305 e. The maximum Gasteiger partial charge on any atom is 0.305 e. The molecule has 3 aromatic carbocycles. The van der Waals surface area contributed by atoms with E-state index >= 15 is 0 Å². The van der Waals surface area contributed by atoms with Crippen molar-refractivity contribution >= 4 is 23.3 Å². The lowest BCUT2D eigenvalue weighted by atomic mass is 9.98. The van der Waals surface area contributed by atoms with Gasteiger partial charge in [0.15, 0.2) is 0 Å². The average Bonchev–Trinajstić information content (AvgIpc) is 3.77. The van der Waals surface area contributed by atoms with Gasteiger partial charge in [-0.1, -0.05) is 36.4 Å². The molecule has 1 heterocycles. The number of benzene rings is 3. The largest absolute Gasteiger partial charge is 0.481 e. The van der Waals surface area contributed by atoms with Crippen molar-refractivity contribution in [2.24, 2.45) is 5.92 Å². The molecule has 3 N–H and O–H groups in total. The van der Waals surface area contributed by atoms with Crippen LogP contribution >= 0.6 is 0 Å². The molecule has 0 radical (unpaired) electrons. The van der Waals surface area contributed by atoms with Crippen LogP contribution in [0.4, 0.5) is 15.8 Å². The topological polar surface area (TPSA) is 90.1 Å². The van der Waals surface area contributed by atoms with E-state index in [0.717, 1.165) is 67.1 Å². The molecule has 1 amide bonds. The van der Waals surface area contributed by atoms with E-state index in [0.29, 0.717) is 5.56 Å². The number of aliphatic carboxylic acids is 1. The molecule has 7 nitrogen and oxygen atoms in total. The molecule has 1 aliphatic carbocycles. The van der Waals surface area contributed by atoms with Crippen molar-refractivity contribution in [3.8, 4) is 11.1 Å². The summed E-state index contributed by atoms with van der Waals surface area (Å²) in [7, 11) is 2.12. The number of piperazine rings is 1. The summed E-state index contributed by atoms with van der Waals surface area (Å²) in [4.78, 5) is 31.5. The van der Waals surface area contributed by atoms with E-state index in [1.807, 2.05) is 30.3 Å². The number of hydrogen-bond donors (Lipinski definition) is 2. The minimum atomic E-state index is -1.01. The first-order valence-electron chi connectivity index (χ1n) is 13.5. The lowest BCUT2D eigenvalue weighted by Crippen LogP contribution is -2.44. The van der Waals surface area contributed by atoms with Crippen LogP contribution in [0.15, 0.2) is 66.7 Å². The van der Waals surface area contributed by atoms with Crippen molar-refractivity contribution in [1.82, 2.24) is 9.80 Å². The Labute approximate surface area is 228 Å². The van der Waals surface area contributed by atoms with Gasteiger partial charge in [-0.25, -0.2) is 4.39 Å². The Balaban J connectivity index is 1.41. The molecule has 8 heteroatoms. The van der Waals surface area contributed by atoms with E-state index in [9.17, 15) is 19.1 Å². The minimum Gasteiger partial charge on any atom is -0.481 e. The number of carbonyl (C=O) groups excluding carboxylic acids is 1. The third kappa shape index (κ3) is 6.40. The number of carbonyl (C=O) groups is 2. The summed E-state index contributed by atoms with van der Waals surface area (Å²) < 4.78 is 13.6. The lowest BCUT2D eigenvalue weighted by Gasteiger charge is -2.34. The number of likely N-dealkylation sites (N-methyl/N-ethyl adjacent to an activating group) is 1. The molecular weight excluding hydrogens is 495 g/mol. The van der Waals surface area contributed by atoms with E-state index < -0.39 is 17.8 Å². The van der Waals surface area contributed by atoms with Crippen molar-refractivity contribution < 1.29 is 19.1 Å². The van der Waals surface area contributed by atoms with Gasteiger partial charge in [0.2, 0.25) is 5.91 Å². The normalized spacial score (nSPS) is 16.6. The van der Waals surface area contributed by atoms with Gasteiger partial charge in [0.25, 0.3) is 0 Å². The zero-order valence-corrected chi connectivity index (χ0v) is 22.2. The second kappa shape index (κ2) is 11.5. The monoisotopic (exact) mass is 530 g/mol. The summed E-state index contributed by atoms with van der Waals surface area (Å²) in [5.41, 5.74) is 11.7. The summed E-state index contributed by atoms with van der Waals surface area (Å²) in [6.45, 7) is 4.13. The second-order valence-corrected chi connectivity index (χ2v) is 10.7. The van der Waals surface area contributed by atoms with Gasteiger partial charge in [0.1, 0.15) is 5.82 Å². The van der Waals surface area contributed by atoms with Gasteiger partial charge in [0, 0.05) is 38.6 Å². The van der Waals surface area contributed by atoms with Gasteiger partial charge in [-0.05, 0) is 72.5 Å². The van der Waals surface area contributed by atoms with Gasteiger partial charge in [-0.15, -0.1) is 0 Å². The van der Waals surface area contributed by atoms with Gasteiger partial charge in [0.05, 0.1) is 23.8 Å². The maximum absolute atomic E-state index is 13.6. The molecule has 3 aromatic rings. The standard InChI is InChI=1S/C31H35FN4O3/c1-34-13-15-35(16-14-34)28-12-9-25(18-27(28)33)24-4-2-3-21(17-24)20-36(31(39)23-5-6-23)29(19-30(37)38)22-7-10-26(32)11-8-22/h2-4,7-12,17-18,23,29H,5-6,13-16,19-20,33H2,1H3,(H,37,38). The number of nitrogens with zero attached hydrogens (tertiary/aromatic N) is 3. The van der Waals surface area contributed by atoms with E-state index in [2.05, 4.69) is 29.0 Å². The van der Waals surface area contributed by atoms with Crippen LogP contribution in [0.3, 0.4) is 0 Å². The number of nitrogens with two attached hydrogens (primary N) is 1. The highest BCUT2D eigenvalue weighted by molar-refractivity contribution is 5.82. The summed E-state index contributed by atoms with van der Waals surface area (Å²) >= 11 is 0. The molecule has 204 valence electrons. The van der Waals surface area contributed by atoms with Crippen molar-refractivity contribution in [3.63, 3.8) is 0 Å². The van der Waals surface area contributed by atoms with Crippen LogP contribution in [0.5, 0.6) is 0 Å². The molecule has 1 saturated heterocycles. The fourth-order valence-electron chi connectivity index (χ4n) is 5.28. The molecule has 0 aromatic heterocycles. The first kappa shape index (κ1) is 26.7. The summed E-state index contributed by atoms with van der Waals surface area (Å²) in [5.74, 6) is -1.57. The Hall–Kier alpha value is -3.91. The zero-order chi connectivity index (χ0) is 27.5. The van der Waals surface area contributed by atoms with E-state index in [1.54, 1.807) is 17.0 Å². The van der Waals surface area contributed by atoms with Crippen LogP contribution in [0.2, 0.25) is 0 Å². The molecule has 0 bridgehead atoms. The number of halogens is 1. The van der Waals surface area contributed by atoms with Gasteiger partial charge in [-0.2, -0.15) is 0 Å². The Kier molecular flexibility index (Phi) is 7.84. The van der Waals surface area contributed by atoms with Crippen molar-refractivity contribution in [1.29, 1.82) is 0 Å². The molecule has 1 saturated carbocycles. The van der Waals surface area contributed by atoms with Gasteiger partial charge in [-0.3, -0.25) is 9.59 Å². The van der Waals surface area contributed by atoms with Gasteiger partial charge >= 0.3 is 5.97 Å². The quantitative estimate of drug-likeness (QED) is 0.387. The highest BCUT2D eigenvalue weighted by Crippen LogP contribution is 2.37. The number of carboxylic acids is 1. The number of anilines is 2. The molecule has 1 unspecified atom stereocenters. The Morgan fingerprint density at radius 1 is 1.00 bits per heavy atom. The highest BCUT2D eigenvalue weighted by atomic mass is 19.1. The SMILES string of the molecule is CN1CCN(c2ccc(-c3cccc(CN(C(=O)C4CC4)C(CC(=O)O)c4ccc(F)cc4)c3)cc2N)CC1. The Morgan fingerprint density at radius 2 is 1.69 bits per heavy atom.